The molecule has 0 aliphatic carbocycles. The van der Waals surface area contributed by atoms with E-state index in [0.717, 1.165) is 0 Å². The third-order valence-electron chi connectivity index (χ3n) is 0. The van der Waals surface area contributed by atoms with Crippen molar-refractivity contribution in [3.63, 3.8) is 0 Å². The summed E-state index contributed by atoms with van der Waals surface area (Å²) in [6.07, 6.45) is 0. The Morgan fingerprint density at radius 1 is 0.667 bits per heavy atom. The van der Waals surface area contributed by atoms with Crippen molar-refractivity contribution in [1.29, 1.82) is 0 Å². The van der Waals surface area contributed by atoms with Gasteiger partial charge < -0.3 is 20.8 Å². The molecule has 1 unspecified atom stereocenters. The summed E-state index contributed by atoms with van der Waals surface area (Å²) in [4.78, 5) is 0. The average Bonchev–Trinajstić information content (AvgIpc) is 1.81. The maximum absolute atomic E-state index is 3.25. The van der Waals surface area contributed by atoms with Gasteiger partial charge in [-0.2, -0.15) is 30.7 Å². The van der Waals surface area contributed by atoms with Crippen LogP contribution in [0, 0.1) is 20.8 Å². The Bertz CT molecular complexity index is 13.0. The van der Waals surface area contributed by atoms with E-state index in [1.54, 1.807) is 20.8 Å². The van der Waals surface area contributed by atoms with E-state index >= 15 is 0 Å². The number of hydrogen-bond acceptors (Lipinski definition) is 0. The molecule has 3 heteroatoms. The van der Waals surface area contributed by atoms with Crippen molar-refractivity contribution in [2.24, 2.45) is 0 Å². The molecule has 0 nitrogen and oxygen atoms in total. The van der Waals surface area contributed by atoms with Gasteiger partial charge in [-0.3, -0.25) is 0 Å². The zero-order valence-electron chi connectivity index (χ0n) is 6.55. The molecule has 0 saturated carbocycles. The van der Waals surface area contributed by atoms with Crippen molar-refractivity contribution >= 4 is 22.3 Å². The zero-order chi connectivity index (χ0) is 6.00. The Hall–Kier alpha value is 1.21. The van der Waals surface area contributed by atoms with Crippen LogP contribution in [0.4, 0.5) is 0 Å². The molecule has 0 amide bonds. The molecule has 0 aliphatic rings. The quantitative estimate of drug-likeness (QED) is 0.332. The third-order valence-corrected chi connectivity index (χ3v) is 0. The van der Waals surface area contributed by atoms with Gasteiger partial charge in [-0.15, -0.1) is 12.4 Å². The van der Waals surface area contributed by atoms with Gasteiger partial charge in [0, 0.05) is 0 Å². The Labute approximate surface area is 80.5 Å². The van der Waals surface area contributed by atoms with E-state index in [0.29, 0.717) is 0 Å². The summed E-state index contributed by atoms with van der Waals surface area (Å²) in [5, 5.41) is 0. The van der Waals surface area contributed by atoms with Crippen molar-refractivity contribution in [3.05, 3.63) is 20.8 Å². The molecule has 0 aromatic carbocycles. The molecule has 65 valence electrons. The van der Waals surface area contributed by atoms with Gasteiger partial charge in [-0.1, -0.05) is 0 Å². The third kappa shape index (κ3) is 326. The van der Waals surface area contributed by atoms with E-state index in [1.165, 1.54) is 0 Å². The zero-order valence-corrected chi connectivity index (χ0v) is 9.77. The molecular formula is C6H19ClNiP. The second-order valence-electron chi connectivity index (χ2n) is 0. The van der Waals surface area contributed by atoms with Crippen LogP contribution in [0.15, 0.2) is 0 Å². The first-order chi connectivity index (χ1) is 3.00. The predicted molar refractivity (Wildman–Crippen MR) is 51.4 cm³/mol. The van der Waals surface area contributed by atoms with Gasteiger partial charge in [0.05, 0.1) is 0 Å². The maximum atomic E-state index is 3.25. The number of rotatable bonds is 0. The molecule has 0 spiro atoms. The fraction of sp³-hybridized carbons (Fsp3) is 0.500. The van der Waals surface area contributed by atoms with Crippen LogP contribution in [-0.4, -0.2) is 0 Å². The van der Waals surface area contributed by atoms with Crippen molar-refractivity contribution in [1.82, 2.24) is 0 Å². The van der Waals surface area contributed by atoms with E-state index in [9.17, 15) is 0 Å². The molecular weight excluding hydrogens is 197 g/mol. The van der Waals surface area contributed by atoms with E-state index < -0.39 is 0 Å². The second-order valence-corrected chi connectivity index (χ2v) is 0. The normalized spacial score (nSPS) is 2.00. The van der Waals surface area contributed by atoms with Crippen LogP contribution in [0.3, 0.4) is 0 Å². The van der Waals surface area contributed by atoms with Crippen LogP contribution in [0.5, 0.6) is 0 Å². The van der Waals surface area contributed by atoms with E-state index in [-0.39, 0.29) is 38.8 Å². The SMILES string of the molecule is Cl.P.[CH2-]C.[CH2-]C.[CH2-]C.[Ni+3]. The Morgan fingerprint density at radius 2 is 0.667 bits per heavy atom. The van der Waals surface area contributed by atoms with Gasteiger partial charge in [-0.25, -0.2) is 0 Å². The molecule has 1 radical (unpaired) electrons. The average molecular weight is 216 g/mol. The van der Waals surface area contributed by atoms with Gasteiger partial charge in [0.1, 0.15) is 0 Å². The summed E-state index contributed by atoms with van der Waals surface area (Å²) >= 11 is 0. The first-order valence-electron chi connectivity index (χ1n) is 2.12. The summed E-state index contributed by atoms with van der Waals surface area (Å²) in [5.74, 6) is 0. The molecule has 0 rings (SSSR count). The van der Waals surface area contributed by atoms with Gasteiger partial charge >= 0.3 is 16.5 Å². The summed E-state index contributed by atoms with van der Waals surface area (Å²) in [5.41, 5.74) is 0. The standard InChI is InChI=1S/3C2H5.ClH.Ni.H3P/c3*1-2;;;/h3*1H2,2H3;1H;;1H3/q3*-1;;+3;. The van der Waals surface area contributed by atoms with Gasteiger partial charge in [0.25, 0.3) is 0 Å². The second kappa shape index (κ2) is 422. The first kappa shape index (κ1) is 48.8. The molecule has 9 heavy (non-hydrogen) atoms. The van der Waals surface area contributed by atoms with Crippen LogP contribution in [-0.2, 0) is 16.5 Å². The summed E-state index contributed by atoms with van der Waals surface area (Å²) in [6.45, 7) is 15.0. The molecule has 0 fully saturated rings. The van der Waals surface area contributed by atoms with E-state index in [2.05, 4.69) is 20.8 Å². The van der Waals surface area contributed by atoms with Gasteiger partial charge in [-0.05, 0) is 0 Å². The summed E-state index contributed by atoms with van der Waals surface area (Å²) in [6, 6.07) is 0. The monoisotopic (exact) mass is 215 g/mol. The van der Waals surface area contributed by atoms with Crippen LogP contribution >= 0.6 is 22.3 Å². The summed E-state index contributed by atoms with van der Waals surface area (Å²) in [7, 11) is 0. The smallest absolute Gasteiger partial charge is 0.346 e. The Kier molecular flexibility index (Phi) is 2290. The Morgan fingerprint density at radius 3 is 0.667 bits per heavy atom. The maximum Gasteiger partial charge on any atom is 3.00 e. The largest absolute Gasteiger partial charge is 3.00 e. The molecule has 0 aromatic rings. The molecule has 1 atom stereocenters. The van der Waals surface area contributed by atoms with Crippen molar-refractivity contribution in [2.45, 2.75) is 20.8 Å². The van der Waals surface area contributed by atoms with Crippen LogP contribution in [0.1, 0.15) is 20.8 Å². The molecule has 0 aromatic heterocycles. The minimum absolute atomic E-state index is 0. The minimum atomic E-state index is 0. The number of halogens is 1. The molecule has 0 bridgehead atoms. The summed E-state index contributed by atoms with van der Waals surface area (Å²) < 4.78 is 0. The van der Waals surface area contributed by atoms with Crippen molar-refractivity contribution < 1.29 is 16.5 Å². The van der Waals surface area contributed by atoms with Gasteiger partial charge in [0.2, 0.25) is 0 Å². The molecule has 0 saturated heterocycles. The van der Waals surface area contributed by atoms with E-state index in [1.807, 2.05) is 0 Å². The van der Waals surface area contributed by atoms with Crippen LogP contribution in [0.2, 0.25) is 0 Å². The van der Waals surface area contributed by atoms with Crippen LogP contribution in [0.25, 0.3) is 0 Å². The van der Waals surface area contributed by atoms with Crippen molar-refractivity contribution in [2.75, 3.05) is 0 Å². The first-order valence-corrected chi connectivity index (χ1v) is 2.12. The number of hydrogen-bond donors (Lipinski definition) is 0. The fourth-order valence-corrected chi connectivity index (χ4v) is 0. The molecule has 0 aliphatic heterocycles. The minimum Gasteiger partial charge on any atom is -0.346 e. The molecule has 0 heterocycles. The van der Waals surface area contributed by atoms with Crippen molar-refractivity contribution in [3.8, 4) is 0 Å². The van der Waals surface area contributed by atoms with E-state index in [4.69, 9.17) is 0 Å². The molecule has 0 N–H and O–H groups in total. The predicted octanol–water partition coefficient (Wildman–Crippen LogP) is 3.00. The topological polar surface area (TPSA) is 0 Å². The fourth-order valence-electron chi connectivity index (χ4n) is 0. The van der Waals surface area contributed by atoms with Crippen LogP contribution < -0.4 is 0 Å². The van der Waals surface area contributed by atoms with Gasteiger partial charge in [0.15, 0.2) is 0 Å². The Balaban J connectivity index is -0.00000000321.